The fourth-order valence-corrected chi connectivity index (χ4v) is 17.5. The summed E-state index contributed by atoms with van der Waals surface area (Å²) < 4.78 is 5.22. The zero-order chi connectivity index (χ0) is 52.9. The third-order valence-corrected chi connectivity index (χ3v) is 20.4. The van der Waals surface area contributed by atoms with Crippen molar-refractivity contribution in [3.05, 3.63) is 311 Å². The van der Waals surface area contributed by atoms with E-state index in [0.717, 1.165) is 0 Å². The minimum atomic E-state index is -0.405. The Kier molecular flexibility index (Phi) is 7.47. The van der Waals surface area contributed by atoms with E-state index in [4.69, 9.17) is 0 Å². The molecule has 4 aromatic heterocycles. The molecule has 4 heterocycles. The van der Waals surface area contributed by atoms with E-state index in [2.05, 4.69) is 276 Å². The minimum Gasteiger partial charge on any atom is -0.308 e. The van der Waals surface area contributed by atoms with Crippen LogP contribution in [-0.4, -0.2) is 8.80 Å². The van der Waals surface area contributed by atoms with Crippen molar-refractivity contribution < 1.29 is 0 Å². The number of rotatable bonds is 2. The topological polar surface area (TPSA) is 8.82 Å². The average molecular weight is 1030 g/mol. The summed E-state index contributed by atoms with van der Waals surface area (Å²) in [7, 11) is 0. The zero-order valence-corrected chi connectivity index (χ0v) is 44.3. The van der Waals surface area contributed by atoms with Gasteiger partial charge >= 0.3 is 0 Å². The van der Waals surface area contributed by atoms with E-state index >= 15 is 0 Å². The number of benzene rings is 13. The van der Waals surface area contributed by atoms with E-state index in [1.54, 1.807) is 0 Å². The Hall–Kier alpha value is -10.5. The summed E-state index contributed by atoms with van der Waals surface area (Å²) in [5, 5.41) is 10.5. The predicted octanol–water partition coefficient (Wildman–Crippen LogP) is 20.0. The summed E-state index contributed by atoms with van der Waals surface area (Å²) >= 11 is 0. The van der Waals surface area contributed by atoms with E-state index in [0.29, 0.717) is 0 Å². The molecule has 17 aromatic rings. The van der Waals surface area contributed by atoms with Crippen molar-refractivity contribution in [1.29, 1.82) is 0 Å². The fourth-order valence-electron chi connectivity index (χ4n) is 17.5. The minimum absolute atomic E-state index is 0.405. The number of para-hydroxylation sites is 2. The van der Waals surface area contributed by atoms with Crippen LogP contribution < -0.4 is 0 Å². The summed E-state index contributed by atoms with van der Waals surface area (Å²) in [6.45, 7) is 0. The van der Waals surface area contributed by atoms with Gasteiger partial charge in [-0.3, -0.25) is 0 Å². The van der Waals surface area contributed by atoms with Gasteiger partial charge in [0.05, 0.1) is 43.9 Å². The predicted molar refractivity (Wildman–Crippen MR) is 339 cm³/mol. The lowest BCUT2D eigenvalue weighted by atomic mass is 9.70. The van der Waals surface area contributed by atoms with E-state index in [9.17, 15) is 0 Å². The first-order valence-electron chi connectivity index (χ1n) is 28.9. The van der Waals surface area contributed by atoms with E-state index in [-0.39, 0.29) is 0 Å². The molecule has 2 spiro atoms. The van der Waals surface area contributed by atoms with Gasteiger partial charge < -0.3 is 8.80 Å². The summed E-state index contributed by atoms with van der Waals surface area (Å²) in [4.78, 5) is 0. The molecule has 0 aliphatic heterocycles. The molecule has 13 aromatic carbocycles. The highest BCUT2D eigenvalue weighted by molar-refractivity contribution is 6.45. The molecule has 0 atom stereocenters. The van der Waals surface area contributed by atoms with Crippen molar-refractivity contribution in [1.82, 2.24) is 8.80 Å². The Morgan fingerprint density at radius 3 is 0.793 bits per heavy atom. The molecular formula is C80H44N2. The summed E-state index contributed by atoms with van der Waals surface area (Å²) in [5.41, 5.74) is 33.2. The summed E-state index contributed by atoms with van der Waals surface area (Å²) in [6.07, 6.45) is 0. The van der Waals surface area contributed by atoms with Gasteiger partial charge in [0.1, 0.15) is 0 Å². The second-order valence-electron chi connectivity index (χ2n) is 23.7. The number of hydrogen-bond acceptors (Lipinski definition) is 0. The SMILES string of the molecule is c1ccc2c(c1)-c1ccccc1C21c2ccccc2-c2ccc(-c3ccc4c5c6c7ccccc7n7c8cc(-c9ccc%10c(c9)C9(c%11ccccc%11-c%11ccccc%119)c9ccccc9-%10)ccc8c(c8c9ccccc9n(c4c3)c85)c67)cc21. The van der Waals surface area contributed by atoms with Crippen LogP contribution >= 0.6 is 0 Å². The molecule has 4 aliphatic carbocycles. The molecule has 2 heteroatoms. The smallest absolute Gasteiger partial charge is 0.0725 e. The van der Waals surface area contributed by atoms with Gasteiger partial charge in [-0.2, -0.15) is 0 Å². The lowest BCUT2D eigenvalue weighted by Crippen LogP contribution is -2.25. The third kappa shape index (κ3) is 4.62. The van der Waals surface area contributed by atoms with Crippen molar-refractivity contribution in [2.24, 2.45) is 0 Å². The van der Waals surface area contributed by atoms with Gasteiger partial charge in [-0.1, -0.05) is 231 Å². The molecule has 0 unspecified atom stereocenters. The Bertz CT molecular complexity index is 5300. The average Bonchev–Trinajstić information content (AvgIpc) is 1.71. The molecule has 0 radical (unpaired) electrons. The maximum absolute atomic E-state index is 2.61. The van der Waals surface area contributed by atoms with E-state index in [1.807, 2.05) is 0 Å². The van der Waals surface area contributed by atoms with E-state index in [1.165, 1.54) is 187 Å². The van der Waals surface area contributed by atoms with Gasteiger partial charge in [-0.05, 0) is 148 Å². The molecule has 0 saturated heterocycles. The summed E-state index contributed by atoms with van der Waals surface area (Å²) in [6, 6.07) is 102. The van der Waals surface area contributed by atoms with Crippen LogP contribution in [0.15, 0.2) is 267 Å². The fraction of sp³-hybridized carbons (Fsp3) is 0.0250. The number of fused-ring (bicyclic) bond motifs is 34. The molecule has 0 amide bonds. The Labute approximate surface area is 471 Å². The van der Waals surface area contributed by atoms with Crippen LogP contribution in [0.2, 0.25) is 0 Å². The maximum atomic E-state index is 2.61. The maximum Gasteiger partial charge on any atom is 0.0725 e. The van der Waals surface area contributed by atoms with Crippen LogP contribution in [0.5, 0.6) is 0 Å². The largest absolute Gasteiger partial charge is 0.308 e. The third-order valence-electron chi connectivity index (χ3n) is 20.4. The van der Waals surface area contributed by atoms with Crippen LogP contribution in [0, 0.1) is 0 Å². The number of hydrogen-bond donors (Lipinski definition) is 0. The van der Waals surface area contributed by atoms with Crippen molar-refractivity contribution >= 4 is 76.2 Å². The Morgan fingerprint density at radius 2 is 0.451 bits per heavy atom. The molecule has 374 valence electrons. The lowest BCUT2D eigenvalue weighted by molar-refractivity contribution is 0.794. The lowest BCUT2D eigenvalue weighted by Gasteiger charge is -2.30. The summed E-state index contributed by atoms with van der Waals surface area (Å²) in [5.74, 6) is 0. The second-order valence-corrected chi connectivity index (χ2v) is 23.7. The molecule has 2 nitrogen and oxygen atoms in total. The molecule has 0 bridgehead atoms. The quantitative estimate of drug-likeness (QED) is 0.163. The monoisotopic (exact) mass is 1030 g/mol. The molecule has 0 fully saturated rings. The van der Waals surface area contributed by atoms with Crippen molar-refractivity contribution in [2.45, 2.75) is 10.8 Å². The van der Waals surface area contributed by atoms with Gasteiger partial charge in [0, 0.05) is 43.1 Å². The molecule has 21 rings (SSSR count). The van der Waals surface area contributed by atoms with Gasteiger partial charge in [0.15, 0.2) is 0 Å². The second kappa shape index (κ2) is 14.4. The van der Waals surface area contributed by atoms with Crippen LogP contribution in [-0.2, 0) is 10.8 Å². The highest BCUT2D eigenvalue weighted by Gasteiger charge is 2.53. The molecule has 0 N–H and O–H groups in total. The van der Waals surface area contributed by atoms with Crippen LogP contribution in [0.1, 0.15) is 44.5 Å². The first-order valence-corrected chi connectivity index (χ1v) is 28.9. The first kappa shape index (κ1) is 42.4. The van der Waals surface area contributed by atoms with Crippen LogP contribution in [0.25, 0.3) is 143 Å². The first-order chi connectivity index (χ1) is 40.7. The molecule has 82 heavy (non-hydrogen) atoms. The number of nitrogens with zero attached hydrogens (tertiary/aromatic N) is 2. The Morgan fingerprint density at radius 1 is 0.195 bits per heavy atom. The molecule has 4 aliphatic rings. The van der Waals surface area contributed by atoms with Gasteiger partial charge in [-0.25, -0.2) is 0 Å². The number of aromatic nitrogens is 2. The Balaban J connectivity index is 0.799. The van der Waals surface area contributed by atoms with Crippen LogP contribution in [0.3, 0.4) is 0 Å². The van der Waals surface area contributed by atoms with Gasteiger partial charge in [0.2, 0.25) is 0 Å². The van der Waals surface area contributed by atoms with E-state index < -0.39 is 10.8 Å². The highest BCUT2D eigenvalue weighted by Crippen LogP contribution is 2.65. The zero-order valence-electron chi connectivity index (χ0n) is 44.3. The van der Waals surface area contributed by atoms with Crippen molar-refractivity contribution in [3.63, 3.8) is 0 Å². The van der Waals surface area contributed by atoms with Crippen LogP contribution in [0.4, 0.5) is 0 Å². The van der Waals surface area contributed by atoms with Gasteiger partial charge in [0.25, 0.3) is 0 Å². The normalized spacial score (nSPS) is 14.5. The van der Waals surface area contributed by atoms with Crippen molar-refractivity contribution in [2.75, 3.05) is 0 Å². The van der Waals surface area contributed by atoms with Crippen molar-refractivity contribution in [3.8, 4) is 66.8 Å². The van der Waals surface area contributed by atoms with Gasteiger partial charge in [-0.15, -0.1) is 0 Å². The highest BCUT2D eigenvalue weighted by atomic mass is 14.9. The standard InChI is InChI=1S/C80H44N2/c1-9-25-61-49(17-1)50-18-2-10-26-62(50)79(61)65-29-13-5-21-53(65)55-37-33-45(41-67(55)79)47-35-39-59-71(43-47)81-69-31-15-7-23-57(69)74-76-60-40-36-48(44-72(60)82-70-32-16-8-24-58(70)73(78(76)82)75(59)77(74)81)46-34-38-56-54-22-6-14-30-66(54)80(68(56)42-46)63-27-11-3-19-51(63)52-20-4-12-28-64(52)80/h1-44H. The molecule has 0 saturated carbocycles. The molecular weight excluding hydrogens is 989 g/mol.